The second kappa shape index (κ2) is 9.67. The molecule has 0 bridgehead atoms. The predicted molar refractivity (Wildman–Crippen MR) is 133 cm³/mol. The van der Waals surface area contributed by atoms with Crippen molar-refractivity contribution in [3.8, 4) is 0 Å². The molecule has 3 aromatic carbocycles. The van der Waals surface area contributed by atoms with Gasteiger partial charge in [0.2, 0.25) is 0 Å². The van der Waals surface area contributed by atoms with Crippen molar-refractivity contribution in [1.82, 2.24) is 5.32 Å². The molecule has 2 N–H and O–H groups in total. The largest absolute Gasteiger partial charge is 0.383 e. The molecule has 2 amide bonds. The molecule has 2 aliphatic heterocycles. The number of ether oxygens (including phenoxy) is 1. The van der Waals surface area contributed by atoms with Crippen LogP contribution < -0.4 is 15.5 Å². The first-order valence-corrected chi connectivity index (χ1v) is 11.8. The Labute approximate surface area is 195 Å². The first kappa shape index (κ1) is 21.5. The Hall–Kier alpha value is -3.31. The van der Waals surface area contributed by atoms with Crippen molar-refractivity contribution >= 4 is 17.4 Å². The number of methoxy groups -OCH3 is 1. The van der Waals surface area contributed by atoms with Crippen LogP contribution in [0.3, 0.4) is 0 Å². The summed E-state index contributed by atoms with van der Waals surface area (Å²) < 4.78 is 5.05. The predicted octanol–water partition coefficient (Wildman–Crippen LogP) is 5.33. The molecule has 0 aliphatic carbocycles. The smallest absolute Gasteiger partial charge is 0.319 e. The van der Waals surface area contributed by atoms with Gasteiger partial charge in [0.05, 0.1) is 6.61 Å². The molecule has 2 aliphatic rings. The molecule has 0 radical (unpaired) electrons. The van der Waals surface area contributed by atoms with E-state index in [0.29, 0.717) is 25.0 Å². The van der Waals surface area contributed by atoms with Crippen molar-refractivity contribution < 1.29 is 9.53 Å². The molecule has 0 fully saturated rings. The van der Waals surface area contributed by atoms with Gasteiger partial charge >= 0.3 is 6.03 Å². The number of benzene rings is 3. The fraction of sp³-hybridized carbons (Fsp3) is 0.321. The number of urea groups is 1. The van der Waals surface area contributed by atoms with Gasteiger partial charge in [0.1, 0.15) is 0 Å². The third kappa shape index (κ3) is 4.46. The number of rotatable bonds is 6. The molecule has 3 aromatic rings. The second-order valence-electron chi connectivity index (χ2n) is 8.87. The van der Waals surface area contributed by atoms with Gasteiger partial charge < -0.3 is 20.3 Å². The highest BCUT2D eigenvalue weighted by molar-refractivity contribution is 5.90. The topological polar surface area (TPSA) is 53.6 Å². The van der Waals surface area contributed by atoms with Gasteiger partial charge in [-0.15, -0.1) is 0 Å². The van der Waals surface area contributed by atoms with E-state index >= 15 is 0 Å². The standard InChI is InChI=1S/C28H31N3O2/c1-33-17-14-29-28(32)30-22-18-25-23(20-8-4-2-5-9-20)12-15-31-16-13-24(26(19-22)27(25)31)21-10-6-3-7-11-21/h2-11,18-19,23-24H,12-17H2,1H3,(H2,29,30,32). The van der Waals surface area contributed by atoms with Crippen LogP contribution in [0.15, 0.2) is 72.8 Å². The normalized spacial score (nSPS) is 19.0. The summed E-state index contributed by atoms with van der Waals surface area (Å²) in [6.07, 6.45) is 2.16. The number of nitrogens with zero attached hydrogens (tertiary/aromatic N) is 1. The fourth-order valence-electron chi connectivity index (χ4n) is 5.37. The van der Waals surface area contributed by atoms with Gasteiger partial charge in [0, 0.05) is 50.0 Å². The summed E-state index contributed by atoms with van der Waals surface area (Å²) in [6, 6.07) is 25.7. The third-order valence-corrected chi connectivity index (χ3v) is 6.86. The lowest BCUT2D eigenvalue weighted by Crippen LogP contribution is -2.38. The molecule has 5 heteroatoms. The molecule has 2 heterocycles. The van der Waals surface area contributed by atoms with Crippen molar-refractivity contribution in [1.29, 1.82) is 0 Å². The maximum atomic E-state index is 12.5. The summed E-state index contributed by atoms with van der Waals surface area (Å²) in [7, 11) is 1.63. The third-order valence-electron chi connectivity index (χ3n) is 6.86. The van der Waals surface area contributed by atoms with Crippen molar-refractivity contribution in [2.45, 2.75) is 24.7 Å². The van der Waals surface area contributed by atoms with E-state index in [1.54, 1.807) is 7.11 Å². The van der Waals surface area contributed by atoms with Crippen LogP contribution in [0.25, 0.3) is 0 Å². The summed E-state index contributed by atoms with van der Waals surface area (Å²) in [5.41, 5.74) is 7.52. The average molecular weight is 442 g/mol. The van der Waals surface area contributed by atoms with E-state index in [4.69, 9.17) is 4.74 Å². The molecule has 5 nitrogen and oxygen atoms in total. The molecule has 170 valence electrons. The lowest BCUT2D eigenvalue weighted by molar-refractivity contribution is 0.198. The van der Waals surface area contributed by atoms with Crippen LogP contribution in [0.1, 0.15) is 46.9 Å². The number of hydrogen-bond donors (Lipinski definition) is 2. The number of nitrogens with one attached hydrogen (secondary N) is 2. The van der Waals surface area contributed by atoms with Gasteiger partial charge in [-0.25, -0.2) is 4.79 Å². The van der Waals surface area contributed by atoms with Gasteiger partial charge in [0.25, 0.3) is 0 Å². The zero-order valence-electron chi connectivity index (χ0n) is 19.1. The van der Waals surface area contributed by atoms with Crippen LogP contribution in [-0.4, -0.2) is 39.4 Å². The van der Waals surface area contributed by atoms with E-state index in [1.807, 2.05) is 0 Å². The van der Waals surface area contributed by atoms with E-state index in [9.17, 15) is 4.79 Å². The molecule has 2 unspecified atom stereocenters. The Morgan fingerprint density at radius 3 is 1.97 bits per heavy atom. The number of carbonyl (C=O) groups excluding carboxylic acids is 1. The Morgan fingerprint density at radius 1 is 0.909 bits per heavy atom. The molecule has 33 heavy (non-hydrogen) atoms. The van der Waals surface area contributed by atoms with E-state index in [-0.39, 0.29) is 6.03 Å². The zero-order chi connectivity index (χ0) is 22.6. The molecule has 0 spiro atoms. The first-order chi connectivity index (χ1) is 16.2. The van der Waals surface area contributed by atoms with Crippen LogP contribution in [0, 0.1) is 0 Å². The first-order valence-electron chi connectivity index (χ1n) is 11.8. The molecule has 0 aromatic heterocycles. The summed E-state index contributed by atoms with van der Waals surface area (Å²) in [6.45, 7) is 3.09. The minimum atomic E-state index is -0.199. The molecule has 5 rings (SSSR count). The van der Waals surface area contributed by atoms with Crippen LogP contribution in [0.2, 0.25) is 0 Å². The summed E-state index contributed by atoms with van der Waals surface area (Å²) >= 11 is 0. The lowest BCUT2D eigenvalue weighted by atomic mass is 9.76. The van der Waals surface area contributed by atoms with Gasteiger partial charge in [-0.05, 0) is 47.2 Å². The second-order valence-corrected chi connectivity index (χ2v) is 8.87. The van der Waals surface area contributed by atoms with Crippen molar-refractivity contribution in [2.24, 2.45) is 0 Å². The average Bonchev–Trinajstić information content (AvgIpc) is 2.85. The molecule has 0 saturated heterocycles. The van der Waals surface area contributed by atoms with E-state index in [2.05, 4.69) is 88.3 Å². The molecule has 0 saturated carbocycles. The molecular formula is C28H31N3O2. The maximum Gasteiger partial charge on any atom is 0.319 e. The van der Waals surface area contributed by atoms with E-state index < -0.39 is 0 Å². The Kier molecular flexibility index (Phi) is 6.31. The number of hydrogen-bond acceptors (Lipinski definition) is 3. The number of carbonyl (C=O) groups is 1. The Morgan fingerprint density at radius 2 is 1.45 bits per heavy atom. The Bertz CT molecular complexity index is 1030. The Balaban J connectivity index is 1.58. The van der Waals surface area contributed by atoms with Gasteiger partial charge in [-0.2, -0.15) is 0 Å². The van der Waals surface area contributed by atoms with E-state index in [1.165, 1.54) is 27.9 Å². The van der Waals surface area contributed by atoms with Gasteiger partial charge in [-0.1, -0.05) is 60.7 Å². The van der Waals surface area contributed by atoms with Crippen LogP contribution in [0.4, 0.5) is 16.2 Å². The quantitative estimate of drug-likeness (QED) is 0.508. The SMILES string of the molecule is COCCNC(=O)Nc1cc2c3c(c1)C(c1ccccc1)CCN3CCC2c1ccccc1. The van der Waals surface area contributed by atoms with E-state index in [0.717, 1.165) is 31.6 Å². The number of anilines is 2. The summed E-state index contributed by atoms with van der Waals surface area (Å²) in [4.78, 5) is 15.1. The highest BCUT2D eigenvalue weighted by Crippen LogP contribution is 2.49. The highest BCUT2D eigenvalue weighted by atomic mass is 16.5. The minimum Gasteiger partial charge on any atom is -0.383 e. The number of amides is 2. The van der Waals surface area contributed by atoms with Crippen LogP contribution in [-0.2, 0) is 4.74 Å². The van der Waals surface area contributed by atoms with Crippen molar-refractivity contribution in [3.63, 3.8) is 0 Å². The molecular weight excluding hydrogens is 410 g/mol. The summed E-state index contributed by atoms with van der Waals surface area (Å²) in [5.74, 6) is 0.646. The molecule has 2 atom stereocenters. The van der Waals surface area contributed by atoms with Gasteiger partial charge in [0.15, 0.2) is 0 Å². The van der Waals surface area contributed by atoms with Crippen LogP contribution >= 0.6 is 0 Å². The van der Waals surface area contributed by atoms with Crippen LogP contribution in [0.5, 0.6) is 0 Å². The minimum absolute atomic E-state index is 0.199. The van der Waals surface area contributed by atoms with Gasteiger partial charge in [-0.3, -0.25) is 0 Å². The zero-order valence-corrected chi connectivity index (χ0v) is 19.1. The summed E-state index contributed by atoms with van der Waals surface area (Å²) in [5, 5.41) is 5.96. The highest BCUT2D eigenvalue weighted by Gasteiger charge is 2.35. The van der Waals surface area contributed by atoms with Crippen molar-refractivity contribution in [2.75, 3.05) is 43.6 Å². The van der Waals surface area contributed by atoms with Crippen molar-refractivity contribution in [3.05, 3.63) is 95.1 Å². The maximum absolute atomic E-state index is 12.5. The fourth-order valence-corrected chi connectivity index (χ4v) is 5.37. The monoisotopic (exact) mass is 441 g/mol. The lowest BCUT2D eigenvalue weighted by Gasteiger charge is -2.43.